The van der Waals surface area contributed by atoms with Gasteiger partial charge in [0.25, 0.3) is 0 Å². The molecule has 0 bridgehead atoms. The predicted molar refractivity (Wildman–Crippen MR) is 69.0 cm³/mol. The Morgan fingerprint density at radius 3 is 2.50 bits per heavy atom. The molecule has 1 aliphatic carbocycles. The zero-order valence-electron chi connectivity index (χ0n) is 11.4. The quantitative estimate of drug-likeness (QED) is 0.702. The number of rotatable bonds is 4. The lowest BCUT2D eigenvalue weighted by molar-refractivity contribution is -0.150. The number of hydrogen-bond donors (Lipinski definition) is 3. The second-order valence-corrected chi connectivity index (χ2v) is 5.73. The molecule has 4 atom stereocenters. The van der Waals surface area contributed by atoms with Crippen molar-refractivity contribution in [3.63, 3.8) is 0 Å². The van der Waals surface area contributed by atoms with Gasteiger partial charge >= 0.3 is 5.97 Å². The summed E-state index contributed by atoms with van der Waals surface area (Å²) in [5, 5.41) is 12.2. The molecular formula is C13H24N2O3. The smallest absolute Gasteiger partial charge is 0.329 e. The fraction of sp³-hybridized carbons (Fsp3) is 0.846. The Hall–Kier alpha value is -1.10. The van der Waals surface area contributed by atoms with Gasteiger partial charge in [0.2, 0.25) is 5.91 Å². The number of carboxylic acids is 1. The molecule has 0 aliphatic heterocycles. The van der Waals surface area contributed by atoms with Crippen molar-refractivity contribution in [1.29, 1.82) is 0 Å². The molecule has 0 heterocycles. The van der Waals surface area contributed by atoms with Crippen molar-refractivity contribution in [2.24, 2.45) is 17.6 Å². The zero-order chi connectivity index (χ0) is 13.9. The van der Waals surface area contributed by atoms with Crippen molar-refractivity contribution in [2.75, 3.05) is 0 Å². The number of amides is 1. The molecule has 104 valence electrons. The fourth-order valence-corrected chi connectivity index (χ4v) is 2.50. The molecule has 1 rings (SSSR count). The lowest BCUT2D eigenvalue weighted by atomic mass is 9.76. The average molecular weight is 256 g/mol. The standard InChI is InChI=1S/C13H24N2O3/c1-8-5-4-6-13(7-8,12(17)18)15-11(16)9(2)10(3)14/h8-10H,4-7,14H2,1-3H3,(H,15,16)(H,17,18). The number of carbonyl (C=O) groups is 2. The van der Waals surface area contributed by atoms with Crippen LogP contribution in [0.3, 0.4) is 0 Å². The molecule has 1 saturated carbocycles. The third-order valence-corrected chi connectivity index (χ3v) is 3.97. The number of aliphatic carboxylic acids is 1. The van der Waals surface area contributed by atoms with Crippen molar-refractivity contribution in [3.05, 3.63) is 0 Å². The van der Waals surface area contributed by atoms with Gasteiger partial charge in [0.1, 0.15) is 5.54 Å². The first-order valence-electron chi connectivity index (χ1n) is 6.59. The van der Waals surface area contributed by atoms with Crippen LogP contribution in [0.5, 0.6) is 0 Å². The summed E-state index contributed by atoms with van der Waals surface area (Å²) in [6, 6.07) is -0.281. The highest BCUT2D eigenvalue weighted by Gasteiger charge is 2.43. The lowest BCUT2D eigenvalue weighted by Crippen LogP contribution is -2.58. The largest absolute Gasteiger partial charge is 0.480 e. The van der Waals surface area contributed by atoms with E-state index in [1.165, 1.54) is 0 Å². The minimum atomic E-state index is -1.10. The molecule has 4 N–H and O–H groups in total. The van der Waals surface area contributed by atoms with Gasteiger partial charge < -0.3 is 16.2 Å². The molecule has 1 fully saturated rings. The summed E-state index contributed by atoms with van der Waals surface area (Å²) in [5.74, 6) is -1.25. The Morgan fingerprint density at radius 1 is 1.44 bits per heavy atom. The first-order valence-corrected chi connectivity index (χ1v) is 6.59. The van der Waals surface area contributed by atoms with E-state index >= 15 is 0 Å². The molecule has 4 unspecified atom stereocenters. The van der Waals surface area contributed by atoms with E-state index in [1.807, 2.05) is 6.92 Å². The lowest BCUT2D eigenvalue weighted by Gasteiger charge is -2.38. The average Bonchev–Trinajstić information content (AvgIpc) is 2.27. The first kappa shape index (κ1) is 15.0. The summed E-state index contributed by atoms with van der Waals surface area (Å²) in [6.07, 6.45) is 2.86. The Kier molecular flexibility index (Phi) is 4.73. The van der Waals surface area contributed by atoms with Gasteiger partial charge in [0, 0.05) is 12.0 Å². The van der Waals surface area contributed by atoms with E-state index in [4.69, 9.17) is 5.73 Å². The zero-order valence-corrected chi connectivity index (χ0v) is 11.4. The van der Waals surface area contributed by atoms with Gasteiger partial charge in [-0.25, -0.2) is 4.79 Å². The summed E-state index contributed by atoms with van der Waals surface area (Å²) < 4.78 is 0. The van der Waals surface area contributed by atoms with Crippen LogP contribution in [-0.2, 0) is 9.59 Å². The van der Waals surface area contributed by atoms with Crippen LogP contribution in [-0.4, -0.2) is 28.6 Å². The molecule has 0 aromatic rings. The van der Waals surface area contributed by atoms with Gasteiger partial charge in [-0.1, -0.05) is 26.7 Å². The third-order valence-electron chi connectivity index (χ3n) is 3.97. The number of nitrogens with two attached hydrogens (primary N) is 1. The van der Waals surface area contributed by atoms with Gasteiger partial charge in [-0.3, -0.25) is 4.79 Å². The Balaban J connectivity index is 2.80. The highest BCUT2D eigenvalue weighted by atomic mass is 16.4. The minimum absolute atomic E-state index is 0.262. The second kappa shape index (κ2) is 5.69. The van der Waals surface area contributed by atoms with Crippen LogP contribution in [0.1, 0.15) is 46.5 Å². The van der Waals surface area contributed by atoms with Crippen molar-refractivity contribution in [1.82, 2.24) is 5.32 Å². The van der Waals surface area contributed by atoms with Crippen LogP contribution in [0.4, 0.5) is 0 Å². The number of carbonyl (C=O) groups excluding carboxylic acids is 1. The highest BCUT2D eigenvalue weighted by Crippen LogP contribution is 2.32. The molecule has 0 aromatic heterocycles. The Bertz CT molecular complexity index is 330. The first-order chi connectivity index (χ1) is 8.28. The monoisotopic (exact) mass is 256 g/mol. The summed E-state index contributed by atoms with van der Waals surface area (Å²) in [7, 11) is 0. The molecule has 1 amide bonds. The van der Waals surface area contributed by atoms with E-state index < -0.39 is 11.5 Å². The predicted octanol–water partition coefficient (Wildman–Crippen LogP) is 1.12. The summed E-state index contributed by atoms with van der Waals surface area (Å²) in [5.41, 5.74) is 4.58. The normalized spacial score (nSPS) is 31.4. The van der Waals surface area contributed by atoms with E-state index in [0.717, 1.165) is 12.8 Å². The molecular weight excluding hydrogens is 232 g/mol. The molecule has 5 heteroatoms. The topological polar surface area (TPSA) is 92.4 Å². The highest BCUT2D eigenvalue weighted by molar-refractivity contribution is 5.88. The Morgan fingerprint density at radius 2 is 2.06 bits per heavy atom. The molecule has 18 heavy (non-hydrogen) atoms. The van der Waals surface area contributed by atoms with Crippen LogP contribution in [0.2, 0.25) is 0 Å². The molecule has 1 aliphatic rings. The minimum Gasteiger partial charge on any atom is -0.480 e. The summed E-state index contributed by atoms with van der Waals surface area (Å²) >= 11 is 0. The third kappa shape index (κ3) is 3.22. The van der Waals surface area contributed by atoms with E-state index in [-0.39, 0.29) is 17.9 Å². The van der Waals surface area contributed by atoms with Crippen LogP contribution >= 0.6 is 0 Å². The van der Waals surface area contributed by atoms with Crippen LogP contribution in [0.15, 0.2) is 0 Å². The van der Waals surface area contributed by atoms with Gasteiger partial charge in [0.05, 0.1) is 0 Å². The number of carboxylic acid groups (broad SMARTS) is 1. The molecule has 0 spiro atoms. The molecule has 0 saturated heterocycles. The van der Waals surface area contributed by atoms with Crippen LogP contribution in [0, 0.1) is 11.8 Å². The van der Waals surface area contributed by atoms with Gasteiger partial charge in [-0.15, -0.1) is 0 Å². The van der Waals surface area contributed by atoms with E-state index in [0.29, 0.717) is 18.8 Å². The van der Waals surface area contributed by atoms with Gasteiger partial charge in [-0.05, 0) is 25.7 Å². The van der Waals surface area contributed by atoms with Crippen molar-refractivity contribution in [3.8, 4) is 0 Å². The number of nitrogens with one attached hydrogen (secondary N) is 1. The van der Waals surface area contributed by atoms with Crippen molar-refractivity contribution in [2.45, 2.75) is 58.0 Å². The fourth-order valence-electron chi connectivity index (χ4n) is 2.50. The van der Waals surface area contributed by atoms with Gasteiger partial charge in [0.15, 0.2) is 0 Å². The van der Waals surface area contributed by atoms with Gasteiger partial charge in [-0.2, -0.15) is 0 Å². The molecule has 0 aromatic carbocycles. The maximum Gasteiger partial charge on any atom is 0.329 e. The number of hydrogen-bond acceptors (Lipinski definition) is 3. The van der Waals surface area contributed by atoms with E-state index in [1.54, 1.807) is 13.8 Å². The Labute approximate surface area is 108 Å². The maximum atomic E-state index is 12.0. The summed E-state index contributed by atoms with van der Waals surface area (Å²) in [6.45, 7) is 5.50. The van der Waals surface area contributed by atoms with Crippen molar-refractivity contribution >= 4 is 11.9 Å². The van der Waals surface area contributed by atoms with Crippen LogP contribution in [0.25, 0.3) is 0 Å². The van der Waals surface area contributed by atoms with E-state index in [9.17, 15) is 14.7 Å². The van der Waals surface area contributed by atoms with E-state index in [2.05, 4.69) is 5.32 Å². The second-order valence-electron chi connectivity index (χ2n) is 5.73. The SMILES string of the molecule is CC1CCCC(NC(=O)C(C)C(C)N)(C(=O)O)C1. The maximum absolute atomic E-state index is 12.0. The van der Waals surface area contributed by atoms with Crippen LogP contribution < -0.4 is 11.1 Å². The summed E-state index contributed by atoms with van der Waals surface area (Å²) in [4.78, 5) is 23.5. The van der Waals surface area contributed by atoms with Crippen molar-refractivity contribution < 1.29 is 14.7 Å². The molecule has 5 nitrogen and oxygen atoms in total. The molecule has 0 radical (unpaired) electrons.